The van der Waals surface area contributed by atoms with E-state index in [1.54, 1.807) is 5.51 Å². The molecule has 2 rings (SSSR count). The van der Waals surface area contributed by atoms with Crippen LogP contribution >= 0.6 is 27.3 Å². The van der Waals surface area contributed by atoms with Gasteiger partial charge in [-0.25, -0.2) is 13.1 Å². The summed E-state index contributed by atoms with van der Waals surface area (Å²) in [5, 5.41) is 10.9. The summed E-state index contributed by atoms with van der Waals surface area (Å²) in [6, 6.07) is 3.76. The average Bonchev–Trinajstić information content (AvgIpc) is 2.89. The molecule has 10 heteroatoms. The lowest BCUT2D eigenvalue weighted by molar-refractivity contribution is -0.387. The molecule has 20 heavy (non-hydrogen) atoms. The summed E-state index contributed by atoms with van der Waals surface area (Å²) in [5.74, 6) is 0. The summed E-state index contributed by atoms with van der Waals surface area (Å²) >= 11 is 4.40. The normalized spacial score (nSPS) is 11.4. The van der Waals surface area contributed by atoms with Crippen molar-refractivity contribution >= 4 is 43.0 Å². The van der Waals surface area contributed by atoms with Crippen LogP contribution in [0.5, 0.6) is 0 Å². The molecule has 0 atom stereocenters. The average molecular weight is 378 g/mol. The second-order valence-electron chi connectivity index (χ2n) is 3.66. The van der Waals surface area contributed by atoms with Crippen molar-refractivity contribution in [1.29, 1.82) is 0 Å². The van der Waals surface area contributed by atoms with Crippen LogP contribution in [0.4, 0.5) is 5.69 Å². The maximum atomic E-state index is 12.2. The van der Waals surface area contributed by atoms with Crippen LogP contribution in [0.1, 0.15) is 4.88 Å². The fourth-order valence-corrected chi connectivity index (χ4v) is 3.77. The van der Waals surface area contributed by atoms with E-state index in [2.05, 4.69) is 25.6 Å². The first-order valence-electron chi connectivity index (χ1n) is 5.21. The molecule has 7 nitrogen and oxygen atoms in total. The maximum Gasteiger partial charge on any atom is 0.289 e. The van der Waals surface area contributed by atoms with Crippen molar-refractivity contribution in [2.45, 2.75) is 11.4 Å². The molecule has 0 fully saturated rings. The van der Waals surface area contributed by atoms with Gasteiger partial charge in [-0.2, -0.15) is 0 Å². The number of thiazole rings is 1. The standard InChI is InChI=1S/C10H8BrN3O4S2/c11-7-1-2-9(14(15)16)10(3-7)20(17,18)13-5-8-4-12-6-19-8/h1-4,6,13H,5H2. The van der Waals surface area contributed by atoms with Crippen LogP contribution in [-0.2, 0) is 16.6 Å². The number of aromatic nitrogens is 1. The van der Waals surface area contributed by atoms with Crippen LogP contribution in [0, 0.1) is 10.1 Å². The molecular weight excluding hydrogens is 370 g/mol. The SMILES string of the molecule is O=[N+]([O-])c1ccc(Br)cc1S(=O)(=O)NCc1cncs1. The van der Waals surface area contributed by atoms with E-state index in [4.69, 9.17) is 0 Å². The summed E-state index contributed by atoms with van der Waals surface area (Å²) in [7, 11) is -3.98. The largest absolute Gasteiger partial charge is 0.289 e. The summed E-state index contributed by atoms with van der Waals surface area (Å²) in [5.41, 5.74) is 1.11. The van der Waals surface area contributed by atoms with E-state index < -0.39 is 20.6 Å². The van der Waals surface area contributed by atoms with Gasteiger partial charge in [-0.1, -0.05) is 15.9 Å². The molecule has 0 spiro atoms. The minimum atomic E-state index is -3.98. The Morgan fingerprint density at radius 1 is 1.45 bits per heavy atom. The Labute approximate surface area is 127 Å². The topological polar surface area (TPSA) is 102 Å². The Morgan fingerprint density at radius 3 is 2.80 bits per heavy atom. The highest BCUT2D eigenvalue weighted by Crippen LogP contribution is 2.27. The van der Waals surface area contributed by atoms with Crippen molar-refractivity contribution < 1.29 is 13.3 Å². The number of rotatable bonds is 5. The quantitative estimate of drug-likeness (QED) is 0.635. The summed E-state index contributed by atoms with van der Waals surface area (Å²) in [6.07, 6.45) is 1.53. The molecule has 0 aliphatic carbocycles. The first-order chi connectivity index (χ1) is 9.40. The van der Waals surface area contributed by atoms with Gasteiger partial charge < -0.3 is 0 Å². The highest BCUT2D eigenvalue weighted by Gasteiger charge is 2.25. The molecular formula is C10H8BrN3O4S2. The molecule has 0 saturated heterocycles. The molecule has 0 aliphatic rings. The molecule has 0 saturated carbocycles. The van der Waals surface area contributed by atoms with E-state index in [0.29, 0.717) is 9.35 Å². The number of benzene rings is 1. The minimum Gasteiger partial charge on any atom is -0.258 e. The monoisotopic (exact) mass is 377 g/mol. The van der Waals surface area contributed by atoms with Crippen molar-refractivity contribution in [3.05, 3.63) is 49.4 Å². The Kier molecular flexibility index (Phi) is 4.48. The predicted molar refractivity (Wildman–Crippen MR) is 76.9 cm³/mol. The molecule has 1 aromatic carbocycles. The predicted octanol–water partition coefficient (Wildman–Crippen LogP) is 2.29. The van der Waals surface area contributed by atoms with Crippen molar-refractivity contribution in [2.75, 3.05) is 0 Å². The van der Waals surface area contributed by atoms with Crippen LogP contribution in [0.25, 0.3) is 0 Å². The third kappa shape index (κ3) is 3.39. The number of nitrogens with one attached hydrogen (secondary N) is 1. The molecule has 1 aromatic heterocycles. The van der Waals surface area contributed by atoms with Crippen LogP contribution in [0.3, 0.4) is 0 Å². The Balaban J connectivity index is 2.33. The third-order valence-corrected chi connectivity index (χ3v) is 5.03. The first-order valence-corrected chi connectivity index (χ1v) is 8.37. The van der Waals surface area contributed by atoms with E-state index in [-0.39, 0.29) is 11.4 Å². The van der Waals surface area contributed by atoms with Gasteiger partial charge in [0.05, 0.1) is 10.4 Å². The van der Waals surface area contributed by atoms with Gasteiger partial charge in [0.25, 0.3) is 5.69 Å². The zero-order valence-corrected chi connectivity index (χ0v) is 13.0. The van der Waals surface area contributed by atoms with Crippen LogP contribution in [0.2, 0.25) is 0 Å². The Hall–Kier alpha value is -1.36. The van der Waals surface area contributed by atoms with Crippen molar-refractivity contribution in [3.63, 3.8) is 0 Å². The lowest BCUT2D eigenvalue weighted by atomic mass is 10.3. The molecule has 0 radical (unpaired) electrons. The van der Waals surface area contributed by atoms with Crippen molar-refractivity contribution in [3.8, 4) is 0 Å². The van der Waals surface area contributed by atoms with Crippen LogP contribution in [0.15, 0.2) is 39.3 Å². The van der Waals surface area contributed by atoms with Gasteiger partial charge in [0.2, 0.25) is 10.0 Å². The van der Waals surface area contributed by atoms with Gasteiger partial charge >= 0.3 is 0 Å². The van der Waals surface area contributed by atoms with Gasteiger partial charge in [-0.05, 0) is 12.1 Å². The van der Waals surface area contributed by atoms with Crippen molar-refractivity contribution in [2.24, 2.45) is 0 Å². The molecule has 0 amide bonds. The number of hydrogen-bond donors (Lipinski definition) is 1. The van der Waals surface area contributed by atoms with Crippen molar-refractivity contribution in [1.82, 2.24) is 9.71 Å². The zero-order valence-electron chi connectivity index (χ0n) is 9.82. The second kappa shape index (κ2) is 5.95. The molecule has 0 bridgehead atoms. The lowest BCUT2D eigenvalue weighted by Crippen LogP contribution is -2.23. The Bertz CT molecular complexity index is 731. The van der Waals surface area contributed by atoms with Gasteiger partial charge in [0.15, 0.2) is 4.90 Å². The van der Waals surface area contributed by atoms with Gasteiger partial charge in [-0.15, -0.1) is 11.3 Å². The second-order valence-corrected chi connectivity index (χ2v) is 7.28. The minimum absolute atomic E-state index is 0.0384. The van der Waals surface area contributed by atoms with E-state index in [1.807, 2.05) is 0 Å². The smallest absolute Gasteiger partial charge is 0.258 e. The highest BCUT2D eigenvalue weighted by molar-refractivity contribution is 9.10. The molecule has 0 aliphatic heterocycles. The summed E-state index contributed by atoms with van der Waals surface area (Å²) < 4.78 is 27.1. The van der Waals surface area contributed by atoms with E-state index >= 15 is 0 Å². The number of halogens is 1. The lowest BCUT2D eigenvalue weighted by Gasteiger charge is -2.06. The summed E-state index contributed by atoms with van der Waals surface area (Å²) in [4.78, 5) is 14.3. The number of hydrogen-bond acceptors (Lipinski definition) is 6. The summed E-state index contributed by atoms with van der Waals surface area (Å²) in [6.45, 7) is 0.0384. The molecule has 1 N–H and O–H groups in total. The highest BCUT2D eigenvalue weighted by atomic mass is 79.9. The first kappa shape index (κ1) is 15.0. The third-order valence-electron chi connectivity index (χ3n) is 2.33. The van der Waals surface area contributed by atoms with Crippen LogP contribution < -0.4 is 4.72 Å². The number of nitrogens with zero attached hydrogens (tertiary/aromatic N) is 2. The molecule has 106 valence electrons. The fraction of sp³-hybridized carbons (Fsp3) is 0.100. The maximum absolute atomic E-state index is 12.2. The van der Waals surface area contributed by atoms with Gasteiger partial charge in [0, 0.05) is 28.2 Å². The molecule has 2 aromatic rings. The van der Waals surface area contributed by atoms with E-state index in [0.717, 1.165) is 6.07 Å². The van der Waals surface area contributed by atoms with E-state index in [9.17, 15) is 18.5 Å². The van der Waals surface area contributed by atoms with Gasteiger partial charge in [-0.3, -0.25) is 15.1 Å². The Morgan fingerprint density at radius 2 is 2.20 bits per heavy atom. The number of nitro benzene ring substituents is 1. The molecule has 1 heterocycles. The number of nitro groups is 1. The van der Waals surface area contributed by atoms with E-state index in [1.165, 1.54) is 29.7 Å². The number of sulfonamides is 1. The molecule has 0 unspecified atom stereocenters. The fourth-order valence-electron chi connectivity index (χ4n) is 1.43. The van der Waals surface area contributed by atoms with Gasteiger partial charge in [0.1, 0.15) is 0 Å². The zero-order chi connectivity index (χ0) is 14.8. The van der Waals surface area contributed by atoms with Crippen LogP contribution in [-0.4, -0.2) is 18.3 Å².